The maximum Gasteiger partial charge on any atom is 0.240 e. The number of benzene rings is 2. The smallest absolute Gasteiger partial charge is 0.240 e. The first kappa shape index (κ1) is 18.8. The Morgan fingerprint density at radius 3 is 2.67 bits per heavy atom. The highest BCUT2D eigenvalue weighted by atomic mass is 32.2. The van der Waals surface area contributed by atoms with E-state index in [1.165, 1.54) is 18.9 Å². The molecule has 0 saturated carbocycles. The molecule has 0 spiro atoms. The number of amidine groups is 1. The number of methoxy groups -OCH3 is 2. The number of carbonyl (C=O) groups is 2. The van der Waals surface area contributed by atoms with E-state index >= 15 is 0 Å². The molecule has 1 saturated heterocycles. The third-order valence-corrected chi connectivity index (χ3v) is 4.90. The molecule has 0 aliphatic carbocycles. The molecule has 7 nitrogen and oxygen atoms in total. The summed E-state index contributed by atoms with van der Waals surface area (Å²) >= 11 is 1.24. The zero-order valence-corrected chi connectivity index (χ0v) is 15.7. The van der Waals surface area contributed by atoms with E-state index in [0.717, 1.165) is 5.69 Å². The van der Waals surface area contributed by atoms with Crippen molar-refractivity contribution in [2.24, 2.45) is 4.99 Å². The molecule has 0 radical (unpaired) electrons. The van der Waals surface area contributed by atoms with Gasteiger partial charge in [-0.15, -0.1) is 0 Å². The molecule has 1 aliphatic rings. The Hall–Kier alpha value is -3.00. The minimum absolute atomic E-state index is 0.0185. The van der Waals surface area contributed by atoms with Crippen LogP contribution in [0, 0.1) is 0 Å². The van der Waals surface area contributed by atoms with Crippen LogP contribution < -0.4 is 20.1 Å². The Morgan fingerprint density at radius 2 is 1.96 bits per heavy atom. The summed E-state index contributed by atoms with van der Waals surface area (Å²) in [5, 5.41) is 5.43. The van der Waals surface area contributed by atoms with Gasteiger partial charge in [-0.05, 0) is 24.3 Å². The van der Waals surface area contributed by atoms with Crippen molar-refractivity contribution < 1.29 is 19.1 Å². The molecule has 1 fully saturated rings. The van der Waals surface area contributed by atoms with Crippen LogP contribution >= 0.6 is 11.8 Å². The Kier molecular flexibility index (Phi) is 5.97. The number of thioether (sulfide) groups is 1. The van der Waals surface area contributed by atoms with Gasteiger partial charge in [0.15, 0.2) is 5.17 Å². The van der Waals surface area contributed by atoms with Crippen molar-refractivity contribution in [1.29, 1.82) is 0 Å². The first-order valence-electron chi connectivity index (χ1n) is 8.22. The largest absolute Gasteiger partial charge is 0.497 e. The number of amides is 2. The Bertz CT molecular complexity index is 871. The fourth-order valence-electron chi connectivity index (χ4n) is 2.49. The van der Waals surface area contributed by atoms with Crippen molar-refractivity contribution in [3.05, 3.63) is 48.5 Å². The SMILES string of the molecule is COc1ccc(OC)c(NC(=O)CC2SC(=Nc3ccccc3)NC2=O)c1. The lowest BCUT2D eigenvalue weighted by atomic mass is 10.2. The molecule has 1 aliphatic heterocycles. The highest BCUT2D eigenvalue weighted by Crippen LogP contribution is 2.30. The molecule has 3 rings (SSSR count). The molecule has 1 heterocycles. The van der Waals surface area contributed by atoms with Crippen LogP contribution in [0.2, 0.25) is 0 Å². The van der Waals surface area contributed by atoms with E-state index in [1.54, 1.807) is 25.3 Å². The number of ether oxygens (including phenoxy) is 2. The van der Waals surface area contributed by atoms with Crippen LogP contribution in [-0.2, 0) is 9.59 Å². The number of aliphatic imine (C=N–C) groups is 1. The quantitative estimate of drug-likeness (QED) is 0.798. The number of nitrogens with one attached hydrogen (secondary N) is 2. The van der Waals surface area contributed by atoms with Crippen LogP contribution in [0.3, 0.4) is 0 Å². The Balaban J connectivity index is 1.65. The average molecular weight is 385 g/mol. The number of rotatable bonds is 6. The van der Waals surface area contributed by atoms with Crippen molar-refractivity contribution in [1.82, 2.24) is 5.32 Å². The second-order valence-corrected chi connectivity index (χ2v) is 6.86. The molecule has 1 atom stereocenters. The topological polar surface area (TPSA) is 89.0 Å². The molecule has 2 aromatic rings. The predicted octanol–water partition coefficient (Wildman–Crippen LogP) is 2.95. The van der Waals surface area contributed by atoms with E-state index in [4.69, 9.17) is 9.47 Å². The molecule has 2 N–H and O–H groups in total. The monoisotopic (exact) mass is 385 g/mol. The van der Waals surface area contributed by atoms with Crippen LogP contribution in [0.1, 0.15) is 6.42 Å². The van der Waals surface area contributed by atoms with Crippen molar-refractivity contribution in [2.75, 3.05) is 19.5 Å². The summed E-state index contributed by atoms with van der Waals surface area (Å²) in [5.41, 5.74) is 1.23. The predicted molar refractivity (Wildman–Crippen MR) is 106 cm³/mol. The number of carbonyl (C=O) groups excluding carboxylic acids is 2. The number of para-hydroxylation sites is 1. The van der Waals surface area contributed by atoms with Gasteiger partial charge in [0.25, 0.3) is 0 Å². The average Bonchev–Trinajstić information content (AvgIpc) is 3.01. The standard InChI is InChI=1S/C19H19N3O4S/c1-25-13-8-9-15(26-2)14(10-13)21-17(23)11-16-18(24)22-19(27-16)20-12-6-4-3-5-7-12/h3-10,16H,11H2,1-2H3,(H,21,23)(H,20,22,24). The van der Waals surface area contributed by atoms with E-state index in [9.17, 15) is 9.59 Å². The van der Waals surface area contributed by atoms with E-state index in [0.29, 0.717) is 22.4 Å². The number of nitrogens with zero attached hydrogens (tertiary/aromatic N) is 1. The lowest BCUT2D eigenvalue weighted by Gasteiger charge is -2.12. The fourth-order valence-corrected chi connectivity index (χ4v) is 3.48. The molecule has 140 valence electrons. The lowest BCUT2D eigenvalue weighted by Crippen LogP contribution is -2.28. The van der Waals surface area contributed by atoms with Crippen molar-refractivity contribution in [3.63, 3.8) is 0 Å². The normalized spacial score (nSPS) is 17.5. The van der Waals surface area contributed by atoms with Gasteiger partial charge >= 0.3 is 0 Å². The molecule has 2 aromatic carbocycles. The zero-order chi connectivity index (χ0) is 19.2. The molecular formula is C19H19N3O4S. The number of hydrogen-bond donors (Lipinski definition) is 2. The second-order valence-electron chi connectivity index (χ2n) is 5.67. The van der Waals surface area contributed by atoms with E-state index in [1.807, 2.05) is 30.3 Å². The maximum absolute atomic E-state index is 12.4. The van der Waals surface area contributed by atoms with Crippen molar-refractivity contribution in [2.45, 2.75) is 11.7 Å². The molecular weight excluding hydrogens is 366 g/mol. The minimum Gasteiger partial charge on any atom is -0.497 e. The Morgan fingerprint density at radius 1 is 1.19 bits per heavy atom. The third kappa shape index (κ3) is 4.79. The fraction of sp³-hybridized carbons (Fsp3) is 0.211. The summed E-state index contributed by atoms with van der Waals surface area (Å²) in [5.74, 6) is 0.577. The van der Waals surface area contributed by atoms with Crippen LogP contribution in [0.25, 0.3) is 0 Å². The number of anilines is 1. The molecule has 2 amide bonds. The van der Waals surface area contributed by atoms with Gasteiger partial charge < -0.3 is 20.1 Å². The van der Waals surface area contributed by atoms with E-state index in [-0.39, 0.29) is 18.2 Å². The van der Waals surface area contributed by atoms with Gasteiger partial charge in [0, 0.05) is 12.5 Å². The molecule has 27 heavy (non-hydrogen) atoms. The van der Waals surface area contributed by atoms with Crippen LogP contribution in [-0.4, -0.2) is 36.5 Å². The third-order valence-electron chi connectivity index (χ3n) is 3.81. The molecule has 0 aromatic heterocycles. The van der Waals surface area contributed by atoms with Gasteiger partial charge in [0.05, 0.1) is 25.6 Å². The second kappa shape index (κ2) is 8.59. The van der Waals surface area contributed by atoms with Crippen molar-refractivity contribution in [3.8, 4) is 11.5 Å². The zero-order valence-electron chi connectivity index (χ0n) is 14.9. The lowest BCUT2D eigenvalue weighted by molar-refractivity contribution is -0.122. The van der Waals surface area contributed by atoms with Crippen LogP contribution in [0.5, 0.6) is 11.5 Å². The summed E-state index contributed by atoms with van der Waals surface area (Å²) in [6.07, 6.45) is 0.0185. The molecule has 0 bridgehead atoms. The first-order valence-corrected chi connectivity index (χ1v) is 9.10. The highest BCUT2D eigenvalue weighted by Gasteiger charge is 2.32. The van der Waals surface area contributed by atoms with E-state index < -0.39 is 5.25 Å². The number of hydrogen-bond acceptors (Lipinski definition) is 6. The minimum atomic E-state index is -0.538. The van der Waals surface area contributed by atoms with Crippen molar-refractivity contribution >= 4 is 40.1 Å². The van der Waals surface area contributed by atoms with Crippen LogP contribution in [0.4, 0.5) is 11.4 Å². The van der Waals surface area contributed by atoms with Gasteiger partial charge in [0.2, 0.25) is 11.8 Å². The first-order chi connectivity index (χ1) is 13.1. The summed E-state index contributed by atoms with van der Waals surface area (Å²) in [6, 6.07) is 14.4. The highest BCUT2D eigenvalue weighted by molar-refractivity contribution is 8.15. The van der Waals surface area contributed by atoms with Gasteiger partial charge in [-0.3, -0.25) is 9.59 Å². The molecule has 1 unspecified atom stereocenters. The molecule has 8 heteroatoms. The van der Waals surface area contributed by atoms with E-state index in [2.05, 4.69) is 15.6 Å². The van der Waals surface area contributed by atoms with Gasteiger partial charge in [0.1, 0.15) is 16.7 Å². The summed E-state index contributed by atoms with van der Waals surface area (Å²) in [4.78, 5) is 28.9. The Labute approximate surface area is 161 Å². The van der Waals surface area contributed by atoms with Gasteiger partial charge in [-0.25, -0.2) is 4.99 Å². The summed E-state index contributed by atoms with van der Waals surface area (Å²) in [6.45, 7) is 0. The van der Waals surface area contributed by atoms with Crippen LogP contribution in [0.15, 0.2) is 53.5 Å². The summed E-state index contributed by atoms with van der Waals surface area (Å²) in [7, 11) is 3.06. The van der Waals surface area contributed by atoms with Gasteiger partial charge in [-0.1, -0.05) is 30.0 Å². The maximum atomic E-state index is 12.4. The summed E-state index contributed by atoms with van der Waals surface area (Å²) < 4.78 is 10.4. The van der Waals surface area contributed by atoms with Gasteiger partial charge in [-0.2, -0.15) is 0 Å².